The number of aromatic nitrogens is 1. The minimum Gasteiger partial charge on any atom is -0.508 e. The Hall–Kier alpha value is -0.490. The van der Waals surface area contributed by atoms with Crippen LogP contribution in [0.25, 0.3) is 0 Å². The molecule has 0 aliphatic rings. The number of anilines is 2. The summed E-state index contributed by atoms with van der Waals surface area (Å²) in [5.41, 5.74) is 13.6. The predicted octanol–water partition coefficient (Wildman–Crippen LogP) is -1.41. The van der Waals surface area contributed by atoms with E-state index in [0.29, 0.717) is 23.0 Å². The summed E-state index contributed by atoms with van der Waals surface area (Å²) in [5.74, 6) is 1.15. The summed E-state index contributed by atoms with van der Waals surface area (Å²) in [7, 11) is 0. The Balaban J connectivity index is 3.67. The van der Waals surface area contributed by atoms with Crippen LogP contribution in [0.15, 0.2) is 4.99 Å². The number of nitrogens with zero attached hydrogens (tertiary/aromatic N) is 3. The molecule has 0 aliphatic heterocycles. The van der Waals surface area contributed by atoms with Crippen molar-refractivity contribution in [1.82, 2.24) is 4.98 Å². The molecule has 1 aromatic heterocycles. The van der Waals surface area contributed by atoms with Gasteiger partial charge >= 0.3 is 5.82 Å². The third kappa shape index (κ3) is 2.85. The van der Waals surface area contributed by atoms with Crippen molar-refractivity contribution < 1.29 is 25.7 Å². The fourth-order valence-corrected chi connectivity index (χ4v) is 2.23. The number of pyridine rings is 1. The normalized spacial score (nSPS) is 12.0. The molecule has 0 fully saturated rings. The Morgan fingerprint density at radius 1 is 1.65 bits per heavy atom. The molecule has 0 aliphatic carbocycles. The number of hydrogen-bond acceptors (Lipinski definition) is 5. The van der Waals surface area contributed by atoms with Crippen LogP contribution in [0.1, 0.15) is 18.5 Å². The van der Waals surface area contributed by atoms with Gasteiger partial charge in [0.05, 0.1) is 28.4 Å². The van der Waals surface area contributed by atoms with Gasteiger partial charge in [-0.1, -0.05) is 0 Å². The first-order valence-corrected chi connectivity index (χ1v) is 6.67. The van der Waals surface area contributed by atoms with Gasteiger partial charge in [0.25, 0.3) is 5.82 Å². The third-order valence-corrected chi connectivity index (χ3v) is 3.12. The van der Waals surface area contributed by atoms with E-state index in [1.54, 1.807) is 2.79 Å². The number of aliphatic imine (C=N–C) groups is 1. The molecule has 1 radical (unpaired) electrons. The van der Waals surface area contributed by atoms with Crippen LogP contribution in [0.3, 0.4) is 0 Å². The molecule has 0 saturated heterocycles. The molecular formula is C9H13I2N6. The van der Waals surface area contributed by atoms with Gasteiger partial charge in [0.15, 0.2) is 5.69 Å². The van der Waals surface area contributed by atoms with Crippen molar-refractivity contribution in [2.75, 3.05) is 9.26 Å². The Morgan fingerprint density at radius 3 is 2.59 bits per heavy atom. The third-order valence-electron chi connectivity index (χ3n) is 2.16. The summed E-state index contributed by atoms with van der Waals surface area (Å²) >= 11 is 3.97. The number of nitrogens with one attached hydrogen (secondary N) is 1. The maximum Gasteiger partial charge on any atom is 0.326 e. The Kier molecular flexibility index (Phi) is 5.06. The molecule has 0 spiro atoms. The average Bonchev–Trinajstić information content (AvgIpc) is 2.27. The molecule has 17 heavy (non-hydrogen) atoms. The van der Waals surface area contributed by atoms with Gasteiger partial charge in [-0.3, -0.25) is 8.52 Å². The van der Waals surface area contributed by atoms with Crippen molar-refractivity contribution in [2.45, 2.75) is 13.0 Å². The van der Waals surface area contributed by atoms with E-state index in [0.717, 1.165) is 5.56 Å². The average molecular weight is 459 g/mol. The van der Waals surface area contributed by atoms with Gasteiger partial charge in [0, 0.05) is 12.8 Å². The van der Waals surface area contributed by atoms with Crippen LogP contribution < -0.4 is 37.9 Å². The van der Waals surface area contributed by atoms with Crippen molar-refractivity contribution in [3.63, 3.8) is 0 Å². The number of rotatable bonds is 4. The first-order valence-electron chi connectivity index (χ1n) is 4.62. The molecule has 0 amide bonds. The summed E-state index contributed by atoms with van der Waals surface area (Å²) < 4.78 is 4.50. The van der Waals surface area contributed by atoms with E-state index in [9.17, 15) is 0 Å². The molecular weight excluding hydrogens is 446 g/mol. The lowest BCUT2D eigenvalue weighted by atomic mass is 10.1. The zero-order chi connectivity index (χ0) is 13.2. The van der Waals surface area contributed by atoms with E-state index in [2.05, 4.69) is 26.9 Å². The fraction of sp³-hybridized carbons (Fsp3) is 0.222. The van der Waals surface area contributed by atoms with Gasteiger partial charge in [-0.25, -0.2) is 0 Å². The topological polar surface area (TPSA) is 92.3 Å². The van der Waals surface area contributed by atoms with Crippen LogP contribution in [-0.4, -0.2) is 21.2 Å². The second-order valence-electron chi connectivity index (χ2n) is 3.36. The molecule has 0 aromatic carbocycles. The van der Waals surface area contributed by atoms with Gasteiger partial charge in [0.2, 0.25) is 0 Å². The number of hydrogen-bond donors (Lipinski definition) is 3. The predicted molar refractivity (Wildman–Crippen MR) is 75.1 cm³/mol. The molecule has 93 valence electrons. The molecule has 1 unspecified atom stereocenters. The molecule has 8 heteroatoms. The molecule has 1 atom stereocenters. The summed E-state index contributed by atoms with van der Waals surface area (Å²) in [6.07, 6.45) is 0. The molecule has 0 saturated carbocycles. The van der Waals surface area contributed by atoms with Crippen molar-refractivity contribution in [1.29, 1.82) is 0 Å². The van der Waals surface area contributed by atoms with Gasteiger partial charge in [0.1, 0.15) is 5.69 Å². The summed E-state index contributed by atoms with van der Waals surface area (Å²) in [6, 6.07) is -0.246. The van der Waals surface area contributed by atoms with Crippen molar-refractivity contribution in [3.05, 3.63) is 5.56 Å². The summed E-state index contributed by atoms with van der Waals surface area (Å²) in [4.78, 5) is 8.31. The minimum absolute atomic E-state index is 0.246. The summed E-state index contributed by atoms with van der Waals surface area (Å²) in [5, 5.41) is 0. The monoisotopic (exact) mass is 459 g/mol. The highest BCUT2D eigenvalue weighted by Crippen LogP contribution is 2.39. The van der Waals surface area contributed by atoms with E-state index < -0.39 is 0 Å². The SMILES string of the molecule is C=Nc1c(N)c([N+](=C)[I-])nc(NI)c1C(C)N. The van der Waals surface area contributed by atoms with Crippen LogP contribution in [0.2, 0.25) is 0 Å². The molecule has 1 heterocycles. The van der Waals surface area contributed by atoms with E-state index in [4.69, 9.17) is 11.5 Å². The molecule has 6 nitrogen and oxygen atoms in total. The molecule has 0 bridgehead atoms. The lowest BCUT2D eigenvalue weighted by molar-refractivity contribution is -1.02. The van der Waals surface area contributed by atoms with Crippen molar-refractivity contribution in [2.24, 2.45) is 10.7 Å². The zero-order valence-electron chi connectivity index (χ0n) is 9.24. The van der Waals surface area contributed by atoms with E-state index in [-0.39, 0.29) is 6.04 Å². The maximum atomic E-state index is 5.99. The number of nitrogens with two attached hydrogens (primary N) is 2. The molecule has 1 rings (SSSR count). The molecule has 1 aromatic rings. The second kappa shape index (κ2) is 5.91. The quantitative estimate of drug-likeness (QED) is 0.294. The molecule has 5 N–H and O–H groups in total. The van der Waals surface area contributed by atoms with Crippen molar-refractivity contribution >= 4 is 59.3 Å². The van der Waals surface area contributed by atoms with Gasteiger partial charge < -0.3 is 37.1 Å². The standard InChI is InChI=1S/C9H13I2N6/c1-4(12)5-7(14-2)6(13)9(17(3)11)15-8(5)16-10/h4H,2-3,12-13H2,1H3,(H,15,16). The highest BCUT2D eigenvalue weighted by molar-refractivity contribution is 14.1. The van der Waals surface area contributed by atoms with Crippen LogP contribution in [0.4, 0.5) is 23.0 Å². The highest BCUT2D eigenvalue weighted by atomic mass is 127. The van der Waals surface area contributed by atoms with Gasteiger partial charge in [-0.15, -0.1) is 0 Å². The largest absolute Gasteiger partial charge is 0.508 e. The minimum atomic E-state index is -0.246. The fourth-order valence-electron chi connectivity index (χ4n) is 1.45. The summed E-state index contributed by atoms with van der Waals surface area (Å²) in [6.45, 7) is 9.12. The van der Waals surface area contributed by atoms with Crippen LogP contribution >= 0.6 is 22.9 Å². The first kappa shape index (κ1) is 14.6. The lowest BCUT2D eigenvalue weighted by Crippen LogP contribution is -3.38. The number of nitrogen functional groups attached to an aromatic ring is 1. The van der Waals surface area contributed by atoms with E-state index in [1.165, 1.54) is 0 Å². The lowest BCUT2D eigenvalue weighted by Gasteiger charge is -2.15. The van der Waals surface area contributed by atoms with Crippen LogP contribution in [-0.2, 0) is 0 Å². The smallest absolute Gasteiger partial charge is 0.326 e. The second-order valence-corrected chi connectivity index (χ2v) is 5.07. The van der Waals surface area contributed by atoms with E-state index >= 15 is 0 Å². The van der Waals surface area contributed by atoms with Crippen LogP contribution in [0.5, 0.6) is 0 Å². The van der Waals surface area contributed by atoms with E-state index in [1.807, 2.05) is 52.7 Å². The van der Waals surface area contributed by atoms with Crippen LogP contribution in [0, 0.1) is 0 Å². The highest BCUT2D eigenvalue weighted by Gasteiger charge is 2.24. The van der Waals surface area contributed by atoms with Gasteiger partial charge in [-0.2, -0.15) is 0 Å². The first-order chi connectivity index (χ1) is 7.93. The Morgan fingerprint density at radius 2 is 2.24 bits per heavy atom. The Labute approximate surface area is 128 Å². The number of halogens is 2. The van der Waals surface area contributed by atoms with Crippen molar-refractivity contribution in [3.8, 4) is 0 Å². The maximum absolute atomic E-state index is 5.99. The Bertz CT molecular complexity index is 471. The zero-order valence-corrected chi connectivity index (χ0v) is 13.6. The van der Waals surface area contributed by atoms with Gasteiger partial charge in [-0.05, 0) is 18.6 Å².